The minimum atomic E-state index is 0.616. The minimum absolute atomic E-state index is 0.616. The molecule has 4 heteroatoms. The van der Waals surface area contributed by atoms with Gasteiger partial charge < -0.3 is 10.6 Å². The maximum atomic E-state index is 10.5. The first-order valence-corrected chi connectivity index (χ1v) is 9.64. The summed E-state index contributed by atoms with van der Waals surface area (Å²) in [5.41, 5.74) is 3.65. The zero-order valence-electron chi connectivity index (χ0n) is 15.1. The van der Waals surface area contributed by atoms with Gasteiger partial charge in [0.25, 0.3) is 0 Å². The molecule has 2 atom stereocenters. The van der Waals surface area contributed by atoms with Crippen LogP contribution < -0.4 is 10.6 Å². The van der Waals surface area contributed by atoms with Crippen molar-refractivity contribution < 1.29 is 4.79 Å². The zero-order chi connectivity index (χ0) is 17.8. The third-order valence-electron chi connectivity index (χ3n) is 5.64. The summed E-state index contributed by atoms with van der Waals surface area (Å²) in [5.74, 6) is 0.627. The van der Waals surface area contributed by atoms with Gasteiger partial charge in [0.15, 0.2) is 0 Å². The van der Waals surface area contributed by atoms with Crippen LogP contribution in [0.3, 0.4) is 0 Å². The molecule has 136 valence electrons. The number of hydrogen-bond acceptors (Lipinski definition) is 3. The Kier molecular flexibility index (Phi) is 5.32. The Morgan fingerprint density at radius 2 is 1.73 bits per heavy atom. The summed E-state index contributed by atoms with van der Waals surface area (Å²) < 4.78 is 0. The minimum Gasteiger partial charge on any atom is -0.329 e. The second-order valence-corrected chi connectivity index (χ2v) is 7.54. The van der Waals surface area contributed by atoms with Gasteiger partial charge in [-0.3, -0.25) is 9.69 Å². The molecule has 1 heterocycles. The summed E-state index contributed by atoms with van der Waals surface area (Å²) in [6.07, 6.45) is 4.42. The van der Waals surface area contributed by atoms with Crippen LogP contribution in [0.25, 0.3) is 0 Å². The molecule has 1 saturated carbocycles. The lowest BCUT2D eigenvalue weighted by atomic mass is 10.0. The van der Waals surface area contributed by atoms with Crippen LogP contribution in [0.1, 0.15) is 36.3 Å². The molecule has 4 nitrogen and oxygen atoms in total. The third kappa shape index (κ3) is 4.32. The van der Waals surface area contributed by atoms with Crippen LogP contribution in [-0.2, 0) is 11.3 Å². The average molecular weight is 349 g/mol. The Morgan fingerprint density at radius 3 is 2.42 bits per heavy atom. The van der Waals surface area contributed by atoms with E-state index in [2.05, 4.69) is 58.0 Å². The van der Waals surface area contributed by atoms with E-state index >= 15 is 0 Å². The van der Waals surface area contributed by atoms with E-state index in [4.69, 9.17) is 0 Å². The van der Waals surface area contributed by atoms with E-state index in [1.807, 2.05) is 12.1 Å². The fraction of sp³-hybridized carbons (Fsp3) is 0.409. The summed E-state index contributed by atoms with van der Waals surface area (Å²) in [4.78, 5) is 13.0. The highest BCUT2D eigenvalue weighted by atomic mass is 16.1. The lowest BCUT2D eigenvalue weighted by Gasteiger charge is -2.32. The standard InChI is InChI=1S/C22H27N3O/c26-16-23-19-8-6-18(7-9-19)21-14-22(21)24-20-10-12-25(13-11-20)15-17-4-2-1-3-5-17/h1-9,16,20-22,24H,10-15H2,(H,23,26). The normalized spacial score (nSPS) is 23.5. The fourth-order valence-corrected chi connectivity index (χ4v) is 4.04. The van der Waals surface area contributed by atoms with E-state index in [9.17, 15) is 4.79 Å². The van der Waals surface area contributed by atoms with Gasteiger partial charge in [-0.15, -0.1) is 0 Å². The predicted molar refractivity (Wildman–Crippen MR) is 105 cm³/mol. The van der Waals surface area contributed by atoms with Crippen LogP contribution >= 0.6 is 0 Å². The molecule has 1 saturated heterocycles. The van der Waals surface area contributed by atoms with E-state index < -0.39 is 0 Å². The maximum Gasteiger partial charge on any atom is 0.211 e. The summed E-state index contributed by atoms with van der Waals surface area (Å²) >= 11 is 0. The lowest BCUT2D eigenvalue weighted by Crippen LogP contribution is -2.43. The number of piperidine rings is 1. The molecule has 0 bridgehead atoms. The number of amides is 1. The highest BCUT2D eigenvalue weighted by Crippen LogP contribution is 2.41. The Morgan fingerprint density at radius 1 is 1.00 bits per heavy atom. The molecular weight excluding hydrogens is 322 g/mol. The Hall–Kier alpha value is -2.17. The van der Waals surface area contributed by atoms with Gasteiger partial charge in [-0.05, 0) is 55.6 Å². The van der Waals surface area contributed by atoms with Crippen molar-refractivity contribution in [3.05, 3.63) is 65.7 Å². The molecule has 26 heavy (non-hydrogen) atoms. The van der Waals surface area contributed by atoms with Crippen molar-refractivity contribution in [1.29, 1.82) is 0 Å². The van der Waals surface area contributed by atoms with Gasteiger partial charge in [-0.25, -0.2) is 0 Å². The lowest BCUT2D eigenvalue weighted by molar-refractivity contribution is -0.105. The summed E-state index contributed by atoms with van der Waals surface area (Å²) in [6.45, 7) is 3.42. The van der Waals surface area contributed by atoms with Crippen molar-refractivity contribution in [3.8, 4) is 0 Å². The van der Waals surface area contributed by atoms with Gasteiger partial charge in [-0.2, -0.15) is 0 Å². The topological polar surface area (TPSA) is 44.4 Å². The van der Waals surface area contributed by atoms with Gasteiger partial charge in [0.2, 0.25) is 6.41 Å². The van der Waals surface area contributed by atoms with Crippen LogP contribution in [0, 0.1) is 0 Å². The highest BCUT2D eigenvalue weighted by molar-refractivity contribution is 5.71. The molecule has 1 aliphatic heterocycles. The number of carbonyl (C=O) groups excluding carboxylic acids is 1. The van der Waals surface area contributed by atoms with Crippen molar-refractivity contribution in [3.63, 3.8) is 0 Å². The molecule has 2 aromatic rings. The number of rotatable bonds is 7. The molecule has 2 unspecified atom stereocenters. The van der Waals surface area contributed by atoms with Crippen LogP contribution in [0.4, 0.5) is 5.69 Å². The second-order valence-electron chi connectivity index (χ2n) is 7.54. The van der Waals surface area contributed by atoms with Crippen molar-refractivity contribution in [1.82, 2.24) is 10.2 Å². The molecule has 2 aliphatic rings. The number of carbonyl (C=O) groups is 1. The van der Waals surface area contributed by atoms with Gasteiger partial charge in [0, 0.05) is 30.2 Å². The largest absolute Gasteiger partial charge is 0.329 e. The van der Waals surface area contributed by atoms with Crippen molar-refractivity contribution >= 4 is 12.1 Å². The van der Waals surface area contributed by atoms with Crippen molar-refractivity contribution in [2.45, 2.75) is 43.8 Å². The average Bonchev–Trinajstić information content (AvgIpc) is 3.44. The molecule has 4 rings (SSSR count). The van der Waals surface area contributed by atoms with Crippen molar-refractivity contribution in [2.24, 2.45) is 0 Å². The molecule has 2 aromatic carbocycles. The molecule has 0 radical (unpaired) electrons. The van der Waals surface area contributed by atoms with Gasteiger partial charge in [0.05, 0.1) is 0 Å². The molecule has 1 amide bonds. The van der Waals surface area contributed by atoms with Crippen LogP contribution in [0.5, 0.6) is 0 Å². The maximum absolute atomic E-state index is 10.5. The number of anilines is 1. The van der Waals surface area contributed by atoms with Gasteiger partial charge in [-0.1, -0.05) is 42.5 Å². The zero-order valence-corrected chi connectivity index (χ0v) is 15.1. The van der Waals surface area contributed by atoms with E-state index in [0.29, 0.717) is 18.0 Å². The Bertz CT molecular complexity index is 708. The van der Waals surface area contributed by atoms with Crippen LogP contribution in [0.2, 0.25) is 0 Å². The molecule has 0 spiro atoms. The van der Waals surface area contributed by atoms with Crippen LogP contribution in [0.15, 0.2) is 54.6 Å². The number of benzene rings is 2. The first-order chi connectivity index (χ1) is 12.8. The monoisotopic (exact) mass is 349 g/mol. The van der Waals surface area contributed by atoms with Crippen molar-refractivity contribution in [2.75, 3.05) is 18.4 Å². The summed E-state index contributed by atoms with van der Waals surface area (Å²) in [5, 5.41) is 6.56. The molecule has 1 aliphatic carbocycles. The molecule has 0 aromatic heterocycles. The summed E-state index contributed by atoms with van der Waals surface area (Å²) in [6, 6.07) is 20.3. The smallest absolute Gasteiger partial charge is 0.211 e. The number of likely N-dealkylation sites (tertiary alicyclic amines) is 1. The first kappa shape index (κ1) is 17.3. The number of nitrogens with one attached hydrogen (secondary N) is 2. The molecular formula is C22H27N3O. The quantitative estimate of drug-likeness (QED) is 0.754. The second kappa shape index (κ2) is 8.02. The summed E-state index contributed by atoms with van der Waals surface area (Å²) in [7, 11) is 0. The predicted octanol–water partition coefficient (Wildman–Crippen LogP) is 3.37. The van der Waals surface area contributed by atoms with Gasteiger partial charge in [0.1, 0.15) is 0 Å². The van der Waals surface area contributed by atoms with E-state index in [1.165, 1.54) is 43.5 Å². The Balaban J connectivity index is 1.21. The van der Waals surface area contributed by atoms with Gasteiger partial charge >= 0.3 is 0 Å². The number of nitrogens with zero attached hydrogens (tertiary/aromatic N) is 1. The van der Waals surface area contributed by atoms with E-state index in [-0.39, 0.29) is 0 Å². The Labute approximate surface area is 155 Å². The SMILES string of the molecule is O=CNc1ccc(C2CC2NC2CCN(Cc3ccccc3)CC2)cc1. The fourth-order valence-electron chi connectivity index (χ4n) is 4.04. The number of hydrogen-bond donors (Lipinski definition) is 2. The first-order valence-electron chi connectivity index (χ1n) is 9.64. The van der Waals surface area contributed by atoms with Crippen LogP contribution in [-0.4, -0.2) is 36.5 Å². The third-order valence-corrected chi connectivity index (χ3v) is 5.64. The van der Waals surface area contributed by atoms with E-state index in [0.717, 1.165) is 18.6 Å². The molecule has 2 fully saturated rings. The van der Waals surface area contributed by atoms with E-state index in [1.54, 1.807) is 0 Å². The molecule has 2 N–H and O–H groups in total. The highest BCUT2D eigenvalue weighted by Gasteiger charge is 2.39.